The zero-order valence-corrected chi connectivity index (χ0v) is 13.5. The van der Waals surface area contributed by atoms with Crippen LogP contribution in [-0.4, -0.2) is 23.3 Å². The largest absolute Gasteiger partial charge is 0.283 e. The lowest BCUT2D eigenvalue weighted by Gasteiger charge is -2.30. The van der Waals surface area contributed by atoms with Crippen molar-refractivity contribution >= 4 is 27.7 Å². The van der Waals surface area contributed by atoms with Crippen LogP contribution in [0.2, 0.25) is 0 Å². The third kappa shape index (κ3) is 3.69. The number of nitrogens with zero attached hydrogens (tertiary/aromatic N) is 1. The van der Waals surface area contributed by atoms with E-state index in [0.717, 1.165) is 16.5 Å². The van der Waals surface area contributed by atoms with Crippen LogP contribution in [0.4, 0.5) is 0 Å². The van der Waals surface area contributed by atoms with Crippen molar-refractivity contribution in [3.63, 3.8) is 0 Å². The van der Waals surface area contributed by atoms with E-state index in [4.69, 9.17) is 0 Å². The molecule has 0 aromatic heterocycles. The molecule has 0 saturated carbocycles. The van der Waals surface area contributed by atoms with Gasteiger partial charge in [0.15, 0.2) is 0 Å². The monoisotopic (exact) mass is 337 g/mol. The summed E-state index contributed by atoms with van der Waals surface area (Å²) in [6.45, 7) is 4.76. The van der Waals surface area contributed by atoms with Gasteiger partial charge in [-0.25, -0.2) is 0 Å². The van der Waals surface area contributed by atoms with E-state index >= 15 is 0 Å². The Morgan fingerprint density at radius 2 is 1.70 bits per heavy atom. The van der Waals surface area contributed by atoms with Gasteiger partial charge in [-0.05, 0) is 30.0 Å². The fourth-order valence-electron chi connectivity index (χ4n) is 2.46. The van der Waals surface area contributed by atoms with Crippen LogP contribution in [0.3, 0.4) is 0 Å². The maximum absolute atomic E-state index is 12.2. The zero-order chi connectivity index (χ0) is 14.7. The topological polar surface area (TPSA) is 37.4 Å². The highest BCUT2D eigenvalue weighted by molar-refractivity contribution is 9.10. The molecule has 0 radical (unpaired) electrons. The van der Waals surface area contributed by atoms with E-state index in [-0.39, 0.29) is 17.7 Å². The molecule has 2 rings (SSSR count). The number of amides is 2. The van der Waals surface area contributed by atoms with Gasteiger partial charge in [0.25, 0.3) is 0 Å². The van der Waals surface area contributed by atoms with Crippen molar-refractivity contribution in [1.82, 2.24) is 4.90 Å². The van der Waals surface area contributed by atoms with Gasteiger partial charge in [0.1, 0.15) is 0 Å². The fraction of sp³-hybridized carbons (Fsp3) is 0.500. The van der Waals surface area contributed by atoms with Crippen LogP contribution in [0.1, 0.15) is 44.6 Å². The third-order valence-corrected chi connectivity index (χ3v) is 4.24. The van der Waals surface area contributed by atoms with Crippen LogP contribution in [0.25, 0.3) is 0 Å². The molecule has 0 atom stereocenters. The second-order valence-electron chi connectivity index (χ2n) is 5.78. The number of hydrogen-bond donors (Lipinski definition) is 0. The van der Waals surface area contributed by atoms with Gasteiger partial charge in [-0.3, -0.25) is 14.5 Å². The molecule has 0 unspecified atom stereocenters. The highest BCUT2D eigenvalue weighted by Crippen LogP contribution is 2.30. The SMILES string of the molecule is CC(C)CCN1C(=O)CC(c2ccc(Br)cc2)CC1=O. The quantitative estimate of drug-likeness (QED) is 0.785. The molecule has 1 aromatic rings. The van der Waals surface area contributed by atoms with Crippen molar-refractivity contribution in [3.05, 3.63) is 34.3 Å². The Kier molecular flexibility index (Phi) is 4.97. The summed E-state index contributed by atoms with van der Waals surface area (Å²) in [6.07, 6.45) is 1.75. The molecular formula is C16H20BrNO2. The number of halogens is 1. The summed E-state index contributed by atoms with van der Waals surface area (Å²) in [4.78, 5) is 25.8. The highest BCUT2D eigenvalue weighted by atomic mass is 79.9. The van der Waals surface area contributed by atoms with Crippen molar-refractivity contribution in [3.8, 4) is 0 Å². The predicted octanol–water partition coefficient (Wildman–Crippen LogP) is 3.73. The summed E-state index contributed by atoms with van der Waals surface area (Å²) in [6, 6.07) is 7.88. The number of rotatable bonds is 4. The zero-order valence-electron chi connectivity index (χ0n) is 11.9. The number of carbonyl (C=O) groups is 2. The number of imide groups is 1. The van der Waals surface area contributed by atoms with E-state index in [1.54, 1.807) is 0 Å². The molecule has 0 N–H and O–H groups in total. The first-order valence-electron chi connectivity index (χ1n) is 7.06. The molecule has 0 spiro atoms. The molecule has 1 aliphatic rings. The van der Waals surface area contributed by atoms with Gasteiger partial charge in [0.2, 0.25) is 11.8 Å². The molecule has 1 aromatic carbocycles. The molecule has 3 nitrogen and oxygen atoms in total. The minimum absolute atomic E-state index is 0.0263. The van der Waals surface area contributed by atoms with Crippen molar-refractivity contribution in [1.29, 1.82) is 0 Å². The molecule has 4 heteroatoms. The van der Waals surface area contributed by atoms with Crippen LogP contribution in [0.5, 0.6) is 0 Å². The molecule has 2 amide bonds. The van der Waals surface area contributed by atoms with Crippen molar-refractivity contribution in [2.45, 2.75) is 39.0 Å². The van der Waals surface area contributed by atoms with Gasteiger partial charge in [0, 0.05) is 29.8 Å². The number of piperidine rings is 1. The van der Waals surface area contributed by atoms with Gasteiger partial charge in [-0.2, -0.15) is 0 Å². The highest BCUT2D eigenvalue weighted by Gasteiger charge is 2.32. The smallest absolute Gasteiger partial charge is 0.229 e. The van der Waals surface area contributed by atoms with E-state index in [1.165, 1.54) is 4.90 Å². The molecule has 0 aliphatic carbocycles. The van der Waals surface area contributed by atoms with E-state index in [1.807, 2.05) is 24.3 Å². The lowest BCUT2D eigenvalue weighted by atomic mass is 9.88. The Morgan fingerprint density at radius 1 is 1.15 bits per heavy atom. The summed E-state index contributed by atoms with van der Waals surface area (Å²) >= 11 is 3.39. The summed E-state index contributed by atoms with van der Waals surface area (Å²) in [5.41, 5.74) is 1.07. The van der Waals surface area contributed by atoms with Crippen LogP contribution < -0.4 is 0 Å². The maximum Gasteiger partial charge on any atom is 0.229 e. The average Bonchev–Trinajstić information content (AvgIpc) is 2.38. The van der Waals surface area contributed by atoms with Gasteiger partial charge < -0.3 is 0 Å². The minimum Gasteiger partial charge on any atom is -0.283 e. The predicted molar refractivity (Wildman–Crippen MR) is 82.3 cm³/mol. The molecular weight excluding hydrogens is 318 g/mol. The standard InChI is InChI=1S/C16H20BrNO2/c1-11(2)7-8-18-15(19)9-13(10-16(18)20)12-3-5-14(17)6-4-12/h3-6,11,13H,7-10H2,1-2H3. The number of hydrogen-bond acceptors (Lipinski definition) is 2. The second-order valence-corrected chi connectivity index (χ2v) is 6.69. The summed E-state index contributed by atoms with van der Waals surface area (Å²) in [7, 11) is 0. The molecule has 20 heavy (non-hydrogen) atoms. The normalized spacial score (nSPS) is 17.1. The minimum atomic E-state index is -0.0326. The first-order valence-corrected chi connectivity index (χ1v) is 7.85. The van der Waals surface area contributed by atoms with Crippen LogP contribution >= 0.6 is 15.9 Å². The number of benzene rings is 1. The molecule has 1 saturated heterocycles. The average molecular weight is 338 g/mol. The lowest BCUT2D eigenvalue weighted by Crippen LogP contribution is -2.43. The van der Waals surface area contributed by atoms with Gasteiger partial charge in [-0.15, -0.1) is 0 Å². The van der Waals surface area contributed by atoms with Crippen LogP contribution in [0, 0.1) is 5.92 Å². The molecule has 1 aliphatic heterocycles. The number of carbonyl (C=O) groups excluding carboxylic acids is 2. The third-order valence-electron chi connectivity index (χ3n) is 3.72. The Bertz CT molecular complexity index is 478. The summed E-state index contributed by atoms with van der Waals surface area (Å²) in [5.74, 6) is 0.461. The molecule has 1 heterocycles. The Balaban J connectivity index is 2.04. The van der Waals surface area contributed by atoms with Gasteiger partial charge >= 0.3 is 0 Å². The Hall–Kier alpha value is -1.16. The molecule has 1 fully saturated rings. The molecule has 108 valence electrons. The van der Waals surface area contributed by atoms with Crippen LogP contribution in [-0.2, 0) is 9.59 Å². The second kappa shape index (κ2) is 6.53. The van der Waals surface area contributed by atoms with Crippen molar-refractivity contribution < 1.29 is 9.59 Å². The summed E-state index contributed by atoms with van der Waals surface area (Å²) in [5, 5.41) is 0. The fourth-order valence-corrected chi connectivity index (χ4v) is 2.72. The Labute approximate surface area is 128 Å². The van der Waals surface area contributed by atoms with Gasteiger partial charge in [0.05, 0.1) is 0 Å². The van der Waals surface area contributed by atoms with E-state index in [0.29, 0.717) is 25.3 Å². The summed E-state index contributed by atoms with van der Waals surface area (Å²) < 4.78 is 1.01. The van der Waals surface area contributed by atoms with Gasteiger partial charge in [-0.1, -0.05) is 41.9 Å². The molecule has 0 bridgehead atoms. The lowest BCUT2D eigenvalue weighted by molar-refractivity contribution is -0.148. The maximum atomic E-state index is 12.2. The number of likely N-dealkylation sites (tertiary alicyclic amines) is 1. The van der Waals surface area contributed by atoms with E-state index in [2.05, 4.69) is 29.8 Å². The Morgan fingerprint density at radius 3 is 2.20 bits per heavy atom. The van der Waals surface area contributed by atoms with E-state index in [9.17, 15) is 9.59 Å². The first kappa shape index (κ1) is 15.2. The van der Waals surface area contributed by atoms with E-state index < -0.39 is 0 Å². The van der Waals surface area contributed by atoms with Crippen molar-refractivity contribution in [2.75, 3.05) is 6.54 Å². The van der Waals surface area contributed by atoms with Crippen molar-refractivity contribution in [2.24, 2.45) is 5.92 Å². The first-order chi connectivity index (χ1) is 9.47. The van der Waals surface area contributed by atoms with Crippen LogP contribution in [0.15, 0.2) is 28.7 Å².